The van der Waals surface area contributed by atoms with E-state index >= 15 is 0 Å². The molecular weight excluding hydrogens is 210 g/mol. The largest absolute Gasteiger partial charge is 0.502 e. The van der Waals surface area contributed by atoms with Crippen molar-refractivity contribution in [2.45, 2.75) is 6.42 Å². The Morgan fingerprint density at radius 3 is 2.85 bits per heavy atom. The van der Waals surface area contributed by atoms with E-state index in [9.17, 15) is 4.79 Å². The van der Waals surface area contributed by atoms with Gasteiger partial charge in [-0.05, 0) is 24.4 Å². The molecule has 0 saturated heterocycles. The predicted molar refractivity (Wildman–Crippen MR) is 53.6 cm³/mol. The van der Waals surface area contributed by atoms with Crippen LogP contribution in [0.25, 0.3) is 0 Å². The van der Waals surface area contributed by atoms with Crippen LogP contribution in [0.1, 0.15) is 16.1 Å². The number of nitrogens with zero attached hydrogens (tertiary/aromatic N) is 1. The van der Waals surface area contributed by atoms with E-state index in [0.717, 1.165) is 0 Å². The maximum absolute atomic E-state index is 10.4. The quantitative estimate of drug-likeness (QED) is 0.476. The summed E-state index contributed by atoms with van der Waals surface area (Å²) >= 11 is 10.1. The molecule has 68 valence electrons. The van der Waals surface area contributed by atoms with Gasteiger partial charge >= 0.3 is 0 Å². The molecule has 0 aliphatic rings. The highest BCUT2D eigenvalue weighted by Gasteiger charge is 2.03. The predicted octanol–water partition coefficient (Wildman–Crippen LogP) is 1.98. The third kappa shape index (κ3) is 2.75. The van der Waals surface area contributed by atoms with Crippen molar-refractivity contribution in [3.8, 4) is 0 Å². The second-order valence-corrected chi connectivity index (χ2v) is 3.20. The fourth-order valence-electron chi connectivity index (χ4n) is 0.824. The molecule has 0 unspecified atom stereocenters. The Hall–Kier alpha value is -1.00. The van der Waals surface area contributed by atoms with Crippen LogP contribution in [0.3, 0.4) is 0 Å². The molecule has 0 aromatic carbocycles. The van der Waals surface area contributed by atoms with Crippen LogP contribution in [-0.4, -0.2) is 21.4 Å². The number of pyridine rings is 1. The van der Waals surface area contributed by atoms with Crippen molar-refractivity contribution in [3.63, 3.8) is 0 Å². The summed E-state index contributed by atoms with van der Waals surface area (Å²) in [7, 11) is 0. The van der Waals surface area contributed by atoms with E-state index in [4.69, 9.17) is 16.7 Å². The molecular formula is C8H6ClNO2S. The molecule has 1 aromatic rings. The molecule has 1 aromatic heterocycles. The Balaban J connectivity index is 2.95. The van der Waals surface area contributed by atoms with Crippen LogP contribution in [0.2, 0.25) is 5.15 Å². The maximum atomic E-state index is 10.4. The van der Waals surface area contributed by atoms with Gasteiger partial charge in [0.25, 0.3) is 0 Å². The zero-order valence-corrected chi connectivity index (χ0v) is 8.10. The third-order valence-corrected chi connectivity index (χ3v) is 1.84. The van der Waals surface area contributed by atoms with Crippen molar-refractivity contribution in [2.75, 3.05) is 0 Å². The van der Waals surface area contributed by atoms with Crippen molar-refractivity contribution in [1.29, 1.82) is 0 Å². The number of carbonyl (C=O) groups is 1. The molecule has 13 heavy (non-hydrogen) atoms. The summed E-state index contributed by atoms with van der Waals surface area (Å²) in [5, 5.41) is 8.78. The van der Waals surface area contributed by atoms with Gasteiger partial charge < -0.3 is 5.11 Å². The van der Waals surface area contributed by atoms with Crippen LogP contribution < -0.4 is 0 Å². The molecule has 0 radical (unpaired) electrons. The van der Waals surface area contributed by atoms with E-state index in [1.807, 2.05) is 0 Å². The number of aliphatic hydroxyl groups excluding tert-OH is 1. The first-order valence-electron chi connectivity index (χ1n) is 3.46. The minimum Gasteiger partial charge on any atom is -0.502 e. The van der Waals surface area contributed by atoms with Gasteiger partial charge in [-0.3, -0.25) is 4.79 Å². The van der Waals surface area contributed by atoms with E-state index in [2.05, 4.69) is 17.2 Å². The first-order chi connectivity index (χ1) is 6.13. The van der Waals surface area contributed by atoms with E-state index < -0.39 is 0 Å². The monoisotopic (exact) mass is 215 g/mol. The van der Waals surface area contributed by atoms with Gasteiger partial charge in [-0.2, -0.15) is 0 Å². The molecule has 0 amide bonds. The maximum Gasteiger partial charge on any atom is 0.162 e. The SMILES string of the molecule is O=Cc1ccc(CC(O)=S)nc1Cl. The summed E-state index contributed by atoms with van der Waals surface area (Å²) in [6.07, 6.45) is 0.796. The van der Waals surface area contributed by atoms with Crippen LogP contribution in [0.4, 0.5) is 0 Å². The summed E-state index contributed by atoms with van der Waals surface area (Å²) in [5.74, 6) is 0. The number of aliphatic hydroxyl groups is 1. The molecule has 1 N–H and O–H groups in total. The smallest absolute Gasteiger partial charge is 0.162 e. The molecule has 0 aliphatic heterocycles. The van der Waals surface area contributed by atoms with Crippen molar-refractivity contribution in [1.82, 2.24) is 4.98 Å². The second kappa shape index (κ2) is 4.30. The molecule has 1 heterocycles. The molecule has 0 spiro atoms. The van der Waals surface area contributed by atoms with Crippen LogP contribution in [0, 0.1) is 0 Å². The van der Waals surface area contributed by atoms with Crippen molar-refractivity contribution < 1.29 is 9.90 Å². The van der Waals surface area contributed by atoms with Gasteiger partial charge in [-0.25, -0.2) is 4.98 Å². The third-order valence-electron chi connectivity index (χ3n) is 1.39. The fraction of sp³-hybridized carbons (Fsp3) is 0.125. The molecule has 0 bridgehead atoms. The highest BCUT2D eigenvalue weighted by molar-refractivity contribution is 7.80. The lowest BCUT2D eigenvalue weighted by molar-refractivity contribution is 0.112. The summed E-state index contributed by atoms with van der Waals surface area (Å²) in [6.45, 7) is 0. The van der Waals surface area contributed by atoms with E-state index in [1.54, 1.807) is 6.07 Å². The van der Waals surface area contributed by atoms with Gasteiger partial charge in [-0.1, -0.05) is 11.6 Å². The number of aromatic nitrogens is 1. The van der Waals surface area contributed by atoms with Crippen molar-refractivity contribution >= 4 is 35.2 Å². The van der Waals surface area contributed by atoms with Crippen LogP contribution in [-0.2, 0) is 6.42 Å². The minimum absolute atomic E-state index is 0.128. The number of thiocarbonyl (C=S) groups is 1. The molecule has 0 atom stereocenters. The fourth-order valence-corrected chi connectivity index (χ4v) is 1.19. The lowest BCUT2D eigenvalue weighted by atomic mass is 10.2. The normalized spacial score (nSPS) is 9.62. The Kier molecular flexibility index (Phi) is 3.33. The minimum atomic E-state index is -0.151. The molecule has 5 heteroatoms. The second-order valence-electron chi connectivity index (χ2n) is 2.37. The van der Waals surface area contributed by atoms with Crippen molar-refractivity contribution in [2.24, 2.45) is 0 Å². The molecule has 0 aliphatic carbocycles. The van der Waals surface area contributed by atoms with Gasteiger partial charge in [0.15, 0.2) is 11.3 Å². The standard InChI is InChI=1S/C8H6ClNO2S/c9-8-5(4-11)1-2-6(10-8)3-7(12)13/h1-2,4H,3H2,(H,12,13). The molecule has 0 fully saturated rings. The average Bonchev–Trinajstić information content (AvgIpc) is 2.03. The number of halogens is 1. The average molecular weight is 216 g/mol. The van der Waals surface area contributed by atoms with Crippen LogP contribution in [0.15, 0.2) is 12.1 Å². The summed E-state index contributed by atoms with van der Waals surface area (Å²) in [5.41, 5.74) is 0.873. The summed E-state index contributed by atoms with van der Waals surface area (Å²) < 4.78 is 0. The number of aldehydes is 1. The lowest BCUT2D eigenvalue weighted by Gasteiger charge is -1.99. The van der Waals surface area contributed by atoms with E-state index in [0.29, 0.717) is 17.5 Å². The first kappa shape index (κ1) is 10.1. The van der Waals surface area contributed by atoms with Crippen LogP contribution >= 0.6 is 23.8 Å². The summed E-state index contributed by atoms with van der Waals surface area (Å²) in [4.78, 5) is 14.2. The van der Waals surface area contributed by atoms with Gasteiger partial charge in [0.2, 0.25) is 0 Å². The number of hydrogen-bond donors (Lipinski definition) is 1. The molecule has 1 rings (SSSR count). The molecule has 0 saturated carbocycles. The number of rotatable bonds is 3. The van der Waals surface area contributed by atoms with E-state index in [-0.39, 0.29) is 16.6 Å². The summed E-state index contributed by atoms with van der Waals surface area (Å²) in [6, 6.07) is 3.13. The van der Waals surface area contributed by atoms with E-state index in [1.165, 1.54) is 6.07 Å². The Morgan fingerprint density at radius 2 is 2.38 bits per heavy atom. The Morgan fingerprint density at radius 1 is 1.69 bits per heavy atom. The van der Waals surface area contributed by atoms with Crippen LogP contribution in [0.5, 0.6) is 0 Å². The first-order valence-corrected chi connectivity index (χ1v) is 4.24. The van der Waals surface area contributed by atoms with Gasteiger partial charge in [-0.15, -0.1) is 0 Å². The lowest BCUT2D eigenvalue weighted by Crippen LogP contribution is -2.01. The highest BCUT2D eigenvalue weighted by atomic mass is 35.5. The Bertz CT molecular complexity index is 354. The zero-order chi connectivity index (χ0) is 9.84. The van der Waals surface area contributed by atoms with Crippen molar-refractivity contribution in [3.05, 3.63) is 28.5 Å². The topological polar surface area (TPSA) is 50.2 Å². The van der Waals surface area contributed by atoms with Gasteiger partial charge in [0.05, 0.1) is 17.7 Å². The number of carbonyl (C=O) groups excluding carboxylic acids is 1. The van der Waals surface area contributed by atoms with Gasteiger partial charge in [0.1, 0.15) is 5.15 Å². The number of hydrogen-bond acceptors (Lipinski definition) is 3. The van der Waals surface area contributed by atoms with Gasteiger partial charge in [0, 0.05) is 0 Å². The highest BCUT2D eigenvalue weighted by Crippen LogP contribution is 2.11. The zero-order valence-electron chi connectivity index (χ0n) is 6.53. The molecule has 3 nitrogen and oxygen atoms in total. The Labute approximate surface area is 85.4 Å².